The van der Waals surface area contributed by atoms with Crippen molar-refractivity contribution in [3.8, 4) is 11.4 Å². The van der Waals surface area contributed by atoms with Gasteiger partial charge < -0.3 is 9.42 Å². The van der Waals surface area contributed by atoms with E-state index in [1.165, 1.54) is 0 Å². The molecular weight excluding hydrogens is 232 g/mol. The molecule has 6 nitrogen and oxygen atoms in total. The van der Waals surface area contributed by atoms with Gasteiger partial charge in [-0.1, -0.05) is 5.16 Å². The summed E-state index contributed by atoms with van der Waals surface area (Å²) in [6.07, 6.45) is 6.05. The number of carbonyl (C=O) groups excluding carboxylic acids is 1. The molecule has 1 atom stereocenters. The van der Waals surface area contributed by atoms with Crippen molar-refractivity contribution in [3.63, 3.8) is 0 Å². The minimum Gasteiger partial charge on any atom is -0.337 e. The van der Waals surface area contributed by atoms with Crippen molar-refractivity contribution >= 4 is 6.41 Å². The molecular formula is C12H12N4O2. The highest BCUT2D eigenvalue weighted by molar-refractivity contribution is 5.52. The summed E-state index contributed by atoms with van der Waals surface area (Å²) in [5.74, 6) is 1.01. The lowest BCUT2D eigenvalue weighted by molar-refractivity contribution is -0.119. The van der Waals surface area contributed by atoms with Crippen molar-refractivity contribution in [1.29, 1.82) is 0 Å². The van der Waals surface area contributed by atoms with E-state index in [-0.39, 0.29) is 6.04 Å². The summed E-state index contributed by atoms with van der Waals surface area (Å²) in [5, 5.41) is 3.93. The Labute approximate surface area is 104 Å². The molecule has 6 heteroatoms. The molecule has 0 saturated carbocycles. The van der Waals surface area contributed by atoms with Crippen LogP contribution in [0.2, 0.25) is 0 Å². The van der Waals surface area contributed by atoms with Crippen LogP contribution < -0.4 is 0 Å². The number of carbonyl (C=O) groups is 1. The van der Waals surface area contributed by atoms with Gasteiger partial charge in [0.2, 0.25) is 18.1 Å². The molecule has 0 aromatic carbocycles. The Morgan fingerprint density at radius 1 is 1.50 bits per heavy atom. The molecule has 0 N–H and O–H groups in total. The predicted molar refractivity (Wildman–Crippen MR) is 62.3 cm³/mol. The zero-order valence-electron chi connectivity index (χ0n) is 9.69. The van der Waals surface area contributed by atoms with E-state index in [4.69, 9.17) is 4.52 Å². The maximum atomic E-state index is 10.9. The van der Waals surface area contributed by atoms with Crippen LogP contribution in [0.3, 0.4) is 0 Å². The minimum atomic E-state index is -0.0829. The monoisotopic (exact) mass is 244 g/mol. The number of aromatic nitrogens is 3. The average molecular weight is 244 g/mol. The van der Waals surface area contributed by atoms with Crippen LogP contribution >= 0.6 is 0 Å². The van der Waals surface area contributed by atoms with Gasteiger partial charge in [-0.05, 0) is 25.0 Å². The highest BCUT2D eigenvalue weighted by Crippen LogP contribution is 2.30. The van der Waals surface area contributed by atoms with Gasteiger partial charge in [0.05, 0.1) is 0 Å². The van der Waals surface area contributed by atoms with E-state index in [1.54, 1.807) is 17.3 Å². The zero-order chi connectivity index (χ0) is 12.4. The number of pyridine rings is 1. The van der Waals surface area contributed by atoms with Gasteiger partial charge in [-0.25, -0.2) is 0 Å². The number of amides is 1. The Balaban J connectivity index is 1.88. The highest BCUT2D eigenvalue weighted by Gasteiger charge is 2.29. The fourth-order valence-electron chi connectivity index (χ4n) is 2.16. The normalized spacial score (nSPS) is 19.1. The fraction of sp³-hybridized carbons (Fsp3) is 0.333. The van der Waals surface area contributed by atoms with E-state index in [1.807, 2.05) is 12.1 Å². The minimum absolute atomic E-state index is 0.0829. The Morgan fingerprint density at radius 3 is 3.22 bits per heavy atom. The predicted octanol–water partition coefficient (Wildman–Crippen LogP) is 1.42. The van der Waals surface area contributed by atoms with Crippen LogP contribution in [0.25, 0.3) is 11.4 Å². The second kappa shape index (κ2) is 4.56. The molecule has 1 saturated heterocycles. The quantitative estimate of drug-likeness (QED) is 0.763. The van der Waals surface area contributed by atoms with E-state index in [2.05, 4.69) is 15.1 Å². The lowest BCUT2D eigenvalue weighted by Crippen LogP contribution is -2.21. The van der Waals surface area contributed by atoms with Crippen molar-refractivity contribution in [3.05, 3.63) is 30.4 Å². The number of likely N-dealkylation sites (tertiary alicyclic amines) is 1. The number of rotatable bonds is 3. The second-order valence-corrected chi connectivity index (χ2v) is 4.20. The summed E-state index contributed by atoms with van der Waals surface area (Å²) in [4.78, 5) is 20.9. The van der Waals surface area contributed by atoms with Crippen LogP contribution in [0, 0.1) is 0 Å². The smallest absolute Gasteiger partial charge is 0.249 e. The Bertz CT molecular complexity index is 540. The largest absolute Gasteiger partial charge is 0.337 e. The third kappa shape index (κ3) is 1.85. The van der Waals surface area contributed by atoms with E-state index < -0.39 is 0 Å². The van der Waals surface area contributed by atoms with E-state index in [9.17, 15) is 4.79 Å². The lowest BCUT2D eigenvalue weighted by Gasteiger charge is -2.14. The van der Waals surface area contributed by atoms with Crippen molar-refractivity contribution < 1.29 is 9.32 Å². The van der Waals surface area contributed by atoms with Crippen LogP contribution in [0.5, 0.6) is 0 Å². The molecule has 1 amide bonds. The van der Waals surface area contributed by atoms with Gasteiger partial charge in [0.25, 0.3) is 0 Å². The van der Waals surface area contributed by atoms with Crippen LogP contribution in [-0.4, -0.2) is 33.0 Å². The fourth-order valence-corrected chi connectivity index (χ4v) is 2.16. The molecule has 0 radical (unpaired) electrons. The third-order valence-corrected chi connectivity index (χ3v) is 3.08. The molecule has 0 unspecified atom stereocenters. The van der Waals surface area contributed by atoms with Gasteiger partial charge in [-0.15, -0.1) is 0 Å². The average Bonchev–Trinajstić information content (AvgIpc) is 3.08. The number of hydrogen-bond acceptors (Lipinski definition) is 5. The van der Waals surface area contributed by atoms with Gasteiger partial charge in [0.15, 0.2) is 0 Å². The first-order valence-corrected chi connectivity index (χ1v) is 5.83. The van der Waals surface area contributed by atoms with Crippen molar-refractivity contribution in [1.82, 2.24) is 20.0 Å². The molecule has 2 aromatic rings. The van der Waals surface area contributed by atoms with Crippen LogP contribution in [-0.2, 0) is 4.79 Å². The summed E-state index contributed by atoms with van der Waals surface area (Å²) < 4.78 is 5.25. The molecule has 1 fully saturated rings. The van der Waals surface area contributed by atoms with Crippen molar-refractivity contribution in [2.45, 2.75) is 18.9 Å². The van der Waals surface area contributed by atoms with Gasteiger partial charge in [0.1, 0.15) is 6.04 Å². The first-order chi connectivity index (χ1) is 8.88. The topological polar surface area (TPSA) is 72.1 Å². The SMILES string of the molecule is O=CN1CCC[C@@H]1c1nc(-c2cccnc2)no1. The molecule has 2 aromatic heterocycles. The molecule has 18 heavy (non-hydrogen) atoms. The third-order valence-electron chi connectivity index (χ3n) is 3.08. The summed E-state index contributed by atoms with van der Waals surface area (Å²) in [5.41, 5.74) is 0.808. The Kier molecular flexibility index (Phi) is 2.76. The summed E-state index contributed by atoms with van der Waals surface area (Å²) >= 11 is 0. The molecule has 1 aliphatic rings. The van der Waals surface area contributed by atoms with E-state index >= 15 is 0 Å². The van der Waals surface area contributed by atoms with Crippen molar-refractivity contribution in [2.75, 3.05) is 6.54 Å². The van der Waals surface area contributed by atoms with Crippen LogP contribution in [0.15, 0.2) is 29.0 Å². The van der Waals surface area contributed by atoms with Gasteiger partial charge in [0, 0.05) is 24.5 Å². The molecule has 0 bridgehead atoms. The summed E-state index contributed by atoms with van der Waals surface area (Å²) in [7, 11) is 0. The first-order valence-electron chi connectivity index (χ1n) is 5.83. The van der Waals surface area contributed by atoms with Crippen LogP contribution in [0.1, 0.15) is 24.8 Å². The van der Waals surface area contributed by atoms with Gasteiger partial charge in [-0.2, -0.15) is 4.98 Å². The molecule has 92 valence electrons. The Morgan fingerprint density at radius 2 is 2.44 bits per heavy atom. The molecule has 0 spiro atoms. The molecule has 3 heterocycles. The van der Waals surface area contributed by atoms with Crippen LogP contribution in [0.4, 0.5) is 0 Å². The Hall–Kier alpha value is -2.24. The molecule has 3 rings (SSSR count). The maximum absolute atomic E-state index is 10.9. The van der Waals surface area contributed by atoms with E-state index in [0.29, 0.717) is 11.7 Å². The number of hydrogen-bond donors (Lipinski definition) is 0. The maximum Gasteiger partial charge on any atom is 0.249 e. The zero-order valence-corrected chi connectivity index (χ0v) is 9.69. The van der Waals surface area contributed by atoms with Gasteiger partial charge in [-0.3, -0.25) is 9.78 Å². The first kappa shape index (κ1) is 10.9. The van der Waals surface area contributed by atoms with Crippen molar-refractivity contribution in [2.24, 2.45) is 0 Å². The second-order valence-electron chi connectivity index (χ2n) is 4.20. The molecule has 0 aliphatic carbocycles. The number of nitrogens with zero attached hydrogens (tertiary/aromatic N) is 4. The standard InChI is InChI=1S/C12H12N4O2/c17-8-16-6-2-4-10(16)12-14-11(15-18-12)9-3-1-5-13-7-9/h1,3,5,7-8,10H,2,4,6H2/t10-/m1/s1. The van der Waals surface area contributed by atoms with E-state index in [0.717, 1.165) is 31.4 Å². The van der Waals surface area contributed by atoms with Gasteiger partial charge >= 0.3 is 0 Å². The molecule has 1 aliphatic heterocycles. The lowest BCUT2D eigenvalue weighted by atomic mass is 10.2. The summed E-state index contributed by atoms with van der Waals surface area (Å²) in [6.45, 7) is 0.749. The summed E-state index contributed by atoms with van der Waals surface area (Å²) in [6, 6.07) is 3.60. The highest BCUT2D eigenvalue weighted by atomic mass is 16.5.